The predicted molar refractivity (Wildman–Crippen MR) is 82.1 cm³/mol. The molecule has 0 aromatic heterocycles. The van der Waals surface area contributed by atoms with Gasteiger partial charge in [0.2, 0.25) is 10.0 Å². The molecular weight excluding hydrogens is 317 g/mol. The molecule has 0 saturated heterocycles. The first-order valence-electron chi connectivity index (χ1n) is 6.71. The quantitative estimate of drug-likeness (QED) is 0.804. The van der Waals surface area contributed by atoms with Gasteiger partial charge in [-0.25, -0.2) is 17.5 Å². The third kappa shape index (κ3) is 5.54. The van der Waals surface area contributed by atoms with E-state index in [1.807, 2.05) is 13.8 Å². The number of nitrogens with one attached hydrogen (secondary N) is 1. The van der Waals surface area contributed by atoms with E-state index < -0.39 is 21.4 Å². The minimum absolute atomic E-state index is 0.0412. The minimum atomic E-state index is -3.63. The summed E-state index contributed by atoms with van der Waals surface area (Å²) in [6.07, 6.45) is 0.738. The van der Waals surface area contributed by atoms with Crippen LogP contribution in [0.5, 0.6) is 0 Å². The van der Waals surface area contributed by atoms with E-state index in [0.29, 0.717) is 5.56 Å². The molecule has 21 heavy (non-hydrogen) atoms. The highest BCUT2D eigenvalue weighted by Gasteiger charge is 2.28. The van der Waals surface area contributed by atoms with E-state index in [1.165, 1.54) is 12.1 Å². The highest BCUT2D eigenvalue weighted by atomic mass is 35.5. The molecule has 0 aliphatic carbocycles. The Hall–Kier alpha value is -0.690. The molecule has 1 aromatic rings. The average molecular weight is 338 g/mol. The molecule has 0 fully saturated rings. The van der Waals surface area contributed by atoms with Crippen molar-refractivity contribution in [3.8, 4) is 0 Å². The summed E-state index contributed by atoms with van der Waals surface area (Å²) in [6, 6.07) is 3.78. The summed E-state index contributed by atoms with van der Waals surface area (Å²) in [6.45, 7) is 5.31. The number of hydrogen-bond acceptors (Lipinski definition) is 3. The van der Waals surface area contributed by atoms with Gasteiger partial charge in [-0.2, -0.15) is 0 Å². The van der Waals surface area contributed by atoms with Crippen molar-refractivity contribution in [2.75, 3.05) is 6.54 Å². The fourth-order valence-electron chi connectivity index (χ4n) is 1.77. The number of sulfonamides is 1. The highest BCUT2D eigenvalue weighted by molar-refractivity contribution is 7.88. The zero-order chi connectivity index (χ0) is 16.3. The van der Waals surface area contributed by atoms with Crippen molar-refractivity contribution in [2.24, 2.45) is 5.92 Å². The van der Waals surface area contributed by atoms with Crippen LogP contribution in [-0.4, -0.2) is 25.7 Å². The van der Waals surface area contributed by atoms with E-state index >= 15 is 0 Å². The molecule has 0 amide bonds. The van der Waals surface area contributed by atoms with Gasteiger partial charge in [0.05, 0.1) is 16.4 Å². The van der Waals surface area contributed by atoms with Crippen LogP contribution in [-0.2, 0) is 15.8 Å². The van der Waals surface area contributed by atoms with E-state index in [9.17, 15) is 17.9 Å². The summed E-state index contributed by atoms with van der Waals surface area (Å²) in [5, 5.41) is 10.1. The summed E-state index contributed by atoms with van der Waals surface area (Å²) < 4.78 is 39.4. The lowest BCUT2D eigenvalue weighted by Crippen LogP contribution is -2.45. The Bertz CT molecular complexity index is 590. The maximum Gasteiger partial charge on any atom is 0.215 e. The molecular formula is C14H21ClFNO3S. The Labute approximate surface area is 130 Å². The summed E-state index contributed by atoms with van der Waals surface area (Å²) in [4.78, 5) is 0. The van der Waals surface area contributed by atoms with Crippen LogP contribution in [0.25, 0.3) is 0 Å². The number of aliphatic hydroxyl groups is 1. The monoisotopic (exact) mass is 337 g/mol. The van der Waals surface area contributed by atoms with Crippen LogP contribution >= 0.6 is 11.6 Å². The van der Waals surface area contributed by atoms with Crippen LogP contribution in [0.1, 0.15) is 32.8 Å². The Morgan fingerprint density at radius 2 is 2.10 bits per heavy atom. The fourth-order valence-corrected chi connectivity index (χ4v) is 3.21. The Morgan fingerprint density at radius 3 is 2.62 bits per heavy atom. The Balaban J connectivity index is 2.72. The van der Waals surface area contributed by atoms with Gasteiger partial charge < -0.3 is 5.11 Å². The van der Waals surface area contributed by atoms with Crippen molar-refractivity contribution in [3.63, 3.8) is 0 Å². The molecule has 0 radical (unpaired) electrons. The Kier molecular flexibility index (Phi) is 6.16. The number of halogens is 2. The van der Waals surface area contributed by atoms with Crippen molar-refractivity contribution < 1.29 is 17.9 Å². The largest absolute Gasteiger partial charge is 0.389 e. The fraction of sp³-hybridized carbons (Fsp3) is 0.571. The lowest BCUT2D eigenvalue weighted by Gasteiger charge is -2.29. The van der Waals surface area contributed by atoms with Gasteiger partial charge in [0.1, 0.15) is 5.82 Å². The van der Waals surface area contributed by atoms with E-state index in [4.69, 9.17) is 11.6 Å². The second kappa shape index (κ2) is 7.05. The van der Waals surface area contributed by atoms with Crippen molar-refractivity contribution in [3.05, 3.63) is 34.6 Å². The van der Waals surface area contributed by atoms with Gasteiger partial charge in [-0.15, -0.1) is 0 Å². The topological polar surface area (TPSA) is 66.4 Å². The zero-order valence-electron chi connectivity index (χ0n) is 12.4. The summed E-state index contributed by atoms with van der Waals surface area (Å²) >= 11 is 5.62. The van der Waals surface area contributed by atoms with Gasteiger partial charge >= 0.3 is 0 Å². The van der Waals surface area contributed by atoms with E-state index in [0.717, 1.165) is 12.5 Å². The van der Waals surface area contributed by atoms with Gasteiger partial charge in [0, 0.05) is 6.54 Å². The minimum Gasteiger partial charge on any atom is -0.389 e. The van der Waals surface area contributed by atoms with Crippen LogP contribution in [0, 0.1) is 11.7 Å². The first kappa shape index (κ1) is 18.4. The molecule has 0 spiro atoms. The molecule has 2 unspecified atom stereocenters. The molecule has 0 aliphatic heterocycles. The van der Waals surface area contributed by atoms with Crippen molar-refractivity contribution in [1.29, 1.82) is 0 Å². The Morgan fingerprint density at radius 1 is 1.48 bits per heavy atom. The van der Waals surface area contributed by atoms with Crippen molar-refractivity contribution >= 4 is 21.6 Å². The molecule has 0 aliphatic rings. The molecule has 4 nitrogen and oxygen atoms in total. The third-order valence-electron chi connectivity index (χ3n) is 3.66. The SMILES string of the molecule is CCC(C)C(C)(O)CNS(=O)(=O)Cc1ccc(F)c(Cl)c1. The standard InChI is InChI=1S/C14H21ClFNO3S/c1-4-10(2)14(3,18)9-17-21(19,20)8-11-5-6-13(16)12(15)7-11/h5-7,10,17-18H,4,8-9H2,1-3H3. The molecule has 0 bridgehead atoms. The first-order chi connectivity index (χ1) is 9.57. The molecule has 0 saturated carbocycles. The first-order valence-corrected chi connectivity index (χ1v) is 8.74. The number of benzene rings is 1. The molecule has 120 valence electrons. The summed E-state index contributed by atoms with van der Waals surface area (Å²) in [5.41, 5.74) is -0.737. The van der Waals surface area contributed by atoms with E-state index in [-0.39, 0.29) is 23.2 Å². The van der Waals surface area contributed by atoms with Crippen molar-refractivity contribution in [2.45, 2.75) is 38.5 Å². The maximum absolute atomic E-state index is 13.0. The molecule has 7 heteroatoms. The summed E-state index contributed by atoms with van der Waals surface area (Å²) in [5.74, 6) is -0.949. The van der Waals surface area contributed by atoms with Crippen LogP contribution in [0.4, 0.5) is 4.39 Å². The molecule has 1 rings (SSSR count). The van der Waals surface area contributed by atoms with Gasteiger partial charge in [-0.1, -0.05) is 37.9 Å². The second-order valence-corrected chi connectivity index (χ2v) is 7.71. The average Bonchev–Trinajstić information content (AvgIpc) is 2.40. The van der Waals surface area contributed by atoms with E-state index in [2.05, 4.69) is 4.72 Å². The lowest BCUT2D eigenvalue weighted by atomic mass is 9.89. The lowest BCUT2D eigenvalue weighted by molar-refractivity contribution is 0.0102. The predicted octanol–water partition coefficient (Wildman–Crippen LogP) is 2.70. The number of hydrogen-bond donors (Lipinski definition) is 2. The molecule has 0 heterocycles. The normalized spacial score (nSPS) is 16.5. The van der Waals surface area contributed by atoms with Crippen LogP contribution < -0.4 is 4.72 Å². The van der Waals surface area contributed by atoms with Gasteiger partial charge in [0.15, 0.2) is 0 Å². The maximum atomic E-state index is 13.0. The van der Waals surface area contributed by atoms with Gasteiger partial charge in [0.25, 0.3) is 0 Å². The smallest absolute Gasteiger partial charge is 0.215 e. The van der Waals surface area contributed by atoms with Crippen LogP contribution in [0.15, 0.2) is 18.2 Å². The van der Waals surface area contributed by atoms with Crippen LogP contribution in [0.3, 0.4) is 0 Å². The zero-order valence-corrected chi connectivity index (χ0v) is 13.9. The van der Waals surface area contributed by atoms with Gasteiger partial charge in [-0.05, 0) is 30.5 Å². The highest BCUT2D eigenvalue weighted by Crippen LogP contribution is 2.20. The number of rotatable bonds is 7. The molecule has 2 N–H and O–H groups in total. The second-order valence-electron chi connectivity index (χ2n) is 5.50. The third-order valence-corrected chi connectivity index (χ3v) is 5.25. The molecule has 1 aromatic carbocycles. The van der Waals surface area contributed by atoms with E-state index in [1.54, 1.807) is 6.92 Å². The molecule has 2 atom stereocenters. The summed E-state index contributed by atoms with van der Waals surface area (Å²) in [7, 11) is -3.63. The van der Waals surface area contributed by atoms with Crippen LogP contribution in [0.2, 0.25) is 5.02 Å². The van der Waals surface area contributed by atoms with Gasteiger partial charge in [-0.3, -0.25) is 0 Å². The van der Waals surface area contributed by atoms with Crippen molar-refractivity contribution in [1.82, 2.24) is 4.72 Å².